The molecule has 1 N–H and O–H groups in total. The van der Waals surface area contributed by atoms with Gasteiger partial charge in [0.05, 0.1) is 11.5 Å². The monoisotopic (exact) mass is 406 g/mol. The maximum absolute atomic E-state index is 12.9. The van der Waals surface area contributed by atoms with Crippen molar-refractivity contribution >= 4 is 34.5 Å². The molecule has 0 aliphatic carbocycles. The Kier molecular flexibility index (Phi) is 5.62. The van der Waals surface area contributed by atoms with Crippen molar-refractivity contribution < 1.29 is 14.3 Å². The van der Waals surface area contributed by atoms with Gasteiger partial charge in [0.2, 0.25) is 0 Å². The highest BCUT2D eigenvalue weighted by Crippen LogP contribution is 2.32. The standard InChI is InChI=1S/C23H22N2O3S/c1-2-28-19-11-8-17(9-12-19)22(26)24-18-10-7-16-5-3-13-25(20(16)15-18)23(27)21-6-4-14-29-21/h4,6-12,14-15H,2-3,5,13H2,1H3,(H,24,26). The minimum atomic E-state index is -0.194. The Bertz CT molecular complexity index is 1010. The molecule has 5 nitrogen and oxygen atoms in total. The zero-order valence-electron chi connectivity index (χ0n) is 16.2. The number of rotatable bonds is 5. The summed E-state index contributed by atoms with van der Waals surface area (Å²) >= 11 is 1.44. The minimum Gasteiger partial charge on any atom is -0.494 e. The molecule has 0 spiro atoms. The molecule has 3 aromatic rings. The largest absolute Gasteiger partial charge is 0.494 e. The van der Waals surface area contributed by atoms with Crippen molar-refractivity contribution in [1.29, 1.82) is 0 Å². The maximum atomic E-state index is 12.9. The average molecular weight is 407 g/mol. The fraction of sp³-hybridized carbons (Fsp3) is 0.217. The lowest BCUT2D eigenvalue weighted by Crippen LogP contribution is -2.35. The number of carbonyl (C=O) groups is 2. The van der Waals surface area contributed by atoms with E-state index in [1.807, 2.05) is 47.5 Å². The summed E-state index contributed by atoms with van der Waals surface area (Å²) in [5, 5.41) is 4.85. The molecule has 0 bridgehead atoms. The van der Waals surface area contributed by atoms with E-state index < -0.39 is 0 Å². The molecule has 148 valence electrons. The van der Waals surface area contributed by atoms with Gasteiger partial charge < -0.3 is 15.0 Å². The first-order valence-electron chi connectivity index (χ1n) is 9.68. The van der Waals surface area contributed by atoms with Crippen LogP contribution in [0.1, 0.15) is 38.9 Å². The fourth-order valence-corrected chi connectivity index (χ4v) is 4.14. The van der Waals surface area contributed by atoms with E-state index in [4.69, 9.17) is 4.74 Å². The number of thiophene rings is 1. The Labute approximate surface area is 173 Å². The second kappa shape index (κ2) is 8.49. The number of ether oxygens (including phenoxy) is 1. The van der Waals surface area contributed by atoms with Crippen LogP contribution in [-0.4, -0.2) is 25.0 Å². The number of carbonyl (C=O) groups excluding carboxylic acids is 2. The molecule has 0 saturated carbocycles. The molecule has 0 radical (unpaired) electrons. The van der Waals surface area contributed by atoms with Crippen molar-refractivity contribution in [2.45, 2.75) is 19.8 Å². The Morgan fingerprint density at radius 1 is 1.14 bits per heavy atom. The van der Waals surface area contributed by atoms with Crippen LogP contribution in [0.2, 0.25) is 0 Å². The van der Waals surface area contributed by atoms with E-state index >= 15 is 0 Å². The molecule has 1 aliphatic rings. The maximum Gasteiger partial charge on any atom is 0.268 e. The van der Waals surface area contributed by atoms with Gasteiger partial charge in [0, 0.05) is 23.5 Å². The second-order valence-electron chi connectivity index (χ2n) is 6.79. The highest BCUT2D eigenvalue weighted by Gasteiger charge is 2.24. The van der Waals surface area contributed by atoms with E-state index in [1.165, 1.54) is 11.3 Å². The van der Waals surface area contributed by atoms with Gasteiger partial charge in [-0.1, -0.05) is 12.1 Å². The molecular formula is C23H22N2O3S. The van der Waals surface area contributed by atoms with Gasteiger partial charge >= 0.3 is 0 Å². The molecule has 1 aromatic heterocycles. The molecule has 6 heteroatoms. The molecular weight excluding hydrogens is 384 g/mol. The van der Waals surface area contributed by atoms with E-state index in [2.05, 4.69) is 5.32 Å². The summed E-state index contributed by atoms with van der Waals surface area (Å²) in [5.41, 5.74) is 3.23. The first kappa shape index (κ1) is 19.2. The number of amides is 2. The summed E-state index contributed by atoms with van der Waals surface area (Å²) in [6, 6.07) is 16.6. The van der Waals surface area contributed by atoms with E-state index in [9.17, 15) is 9.59 Å². The zero-order chi connectivity index (χ0) is 20.2. The lowest BCUT2D eigenvalue weighted by Gasteiger charge is -2.29. The number of nitrogens with one attached hydrogen (secondary N) is 1. The van der Waals surface area contributed by atoms with Gasteiger partial charge in [-0.25, -0.2) is 0 Å². The molecule has 4 rings (SSSR count). The van der Waals surface area contributed by atoms with Crippen LogP contribution in [-0.2, 0) is 6.42 Å². The summed E-state index contributed by atoms with van der Waals surface area (Å²) in [7, 11) is 0. The van der Waals surface area contributed by atoms with E-state index in [-0.39, 0.29) is 11.8 Å². The summed E-state index contributed by atoms with van der Waals surface area (Å²) in [4.78, 5) is 28.1. The Morgan fingerprint density at radius 2 is 1.97 bits per heavy atom. The first-order valence-corrected chi connectivity index (χ1v) is 10.6. The third-order valence-electron chi connectivity index (χ3n) is 4.87. The van der Waals surface area contributed by atoms with Gasteiger partial charge in [0.25, 0.3) is 11.8 Å². The summed E-state index contributed by atoms with van der Waals surface area (Å²) in [6.07, 6.45) is 1.86. The average Bonchev–Trinajstić information content (AvgIpc) is 3.28. The van der Waals surface area contributed by atoms with Crippen LogP contribution in [0.5, 0.6) is 5.75 Å². The van der Waals surface area contributed by atoms with Gasteiger partial charge in [-0.3, -0.25) is 9.59 Å². The number of aryl methyl sites for hydroxylation is 1. The van der Waals surface area contributed by atoms with Crippen molar-refractivity contribution in [3.8, 4) is 5.75 Å². The van der Waals surface area contributed by atoms with Gasteiger partial charge in [0.1, 0.15) is 5.75 Å². The smallest absolute Gasteiger partial charge is 0.268 e. The summed E-state index contributed by atoms with van der Waals surface area (Å²) < 4.78 is 5.42. The quantitative estimate of drug-likeness (QED) is 0.649. The normalized spacial score (nSPS) is 12.9. The lowest BCUT2D eigenvalue weighted by molar-refractivity contribution is 0.0987. The molecule has 0 fully saturated rings. The van der Waals surface area contributed by atoms with Crippen LogP contribution in [0.3, 0.4) is 0 Å². The lowest BCUT2D eigenvalue weighted by atomic mass is 10.0. The van der Waals surface area contributed by atoms with E-state index in [1.54, 1.807) is 24.3 Å². The molecule has 0 atom stereocenters. The van der Waals surface area contributed by atoms with Crippen LogP contribution in [0, 0.1) is 0 Å². The van der Waals surface area contributed by atoms with Crippen LogP contribution >= 0.6 is 11.3 Å². The highest BCUT2D eigenvalue weighted by molar-refractivity contribution is 7.12. The Hall–Kier alpha value is -3.12. The predicted octanol–water partition coefficient (Wildman–Crippen LogP) is 4.99. The molecule has 0 saturated heterocycles. The van der Waals surface area contributed by atoms with Gasteiger partial charge in [-0.2, -0.15) is 0 Å². The minimum absolute atomic E-state index is 0.0101. The summed E-state index contributed by atoms with van der Waals surface area (Å²) in [5.74, 6) is 0.552. The SMILES string of the molecule is CCOc1ccc(C(=O)Nc2ccc3c(c2)N(C(=O)c2cccs2)CCC3)cc1. The topological polar surface area (TPSA) is 58.6 Å². The number of fused-ring (bicyclic) bond motifs is 1. The first-order chi connectivity index (χ1) is 14.2. The third-order valence-corrected chi connectivity index (χ3v) is 5.72. The van der Waals surface area contributed by atoms with Gasteiger partial charge in [0.15, 0.2) is 0 Å². The number of anilines is 2. The van der Waals surface area contributed by atoms with Crippen molar-refractivity contribution in [2.24, 2.45) is 0 Å². The van der Waals surface area contributed by atoms with Crippen molar-refractivity contribution in [3.63, 3.8) is 0 Å². The van der Waals surface area contributed by atoms with Crippen LogP contribution in [0.25, 0.3) is 0 Å². The van der Waals surface area contributed by atoms with Crippen molar-refractivity contribution in [3.05, 3.63) is 76.0 Å². The zero-order valence-corrected chi connectivity index (χ0v) is 17.0. The fourth-order valence-electron chi connectivity index (χ4n) is 3.47. The molecule has 2 heterocycles. The number of benzene rings is 2. The van der Waals surface area contributed by atoms with E-state index in [0.717, 1.165) is 34.7 Å². The number of hydrogen-bond acceptors (Lipinski definition) is 4. The van der Waals surface area contributed by atoms with E-state index in [0.29, 0.717) is 24.4 Å². The molecule has 0 unspecified atom stereocenters. The van der Waals surface area contributed by atoms with Crippen LogP contribution in [0.15, 0.2) is 60.0 Å². The molecule has 29 heavy (non-hydrogen) atoms. The van der Waals surface area contributed by atoms with Gasteiger partial charge in [-0.15, -0.1) is 11.3 Å². The highest BCUT2D eigenvalue weighted by atomic mass is 32.1. The number of nitrogens with zero attached hydrogens (tertiary/aromatic N) is 1. The second-order valence-corrected chi connectivity index (χ2v) is 7.74. The Morgan fingerprint density at radius 3 is 2.69 bits per heavy atom. The molecule has 1 aliphatic heterocycles. The Balaban J connectivity index is 1.54. The predicted molar refractivity (Wildman–Crippen MR) is 116 cm³/mol. The van der Waals surface area contributed by atoms with Crippen LogP contribution < -0.4 is 15.0 Å². The van der Waals surface area contributed by atoms with Crippen molar-refractivity contribution in [2.75, 3.05) is 23.4 Å². The van der Waals surface area contributed by atoms with Crippen LogP contribution in [0.4, 0.5) is 11.4 Å². The number of hydrogen-bond donors (Lipinski definition) is 1. The molecule has 2 amide bonds. The van der Waals surface area contributed by atoms with Crippen molar-refractivity contribution in [1.82, 2.24) is 0 Å². The molecule has 2 aromatic carbocycles. The van der Waals surface area contributed by atoms with Gasteiger partial charge in [-0.05, 0) is 73.2 Å². The summed E-state index contributed by atoms with van der Waals surface area (Å²) in [6.45, 7) is 3.19. The third kappa shape index (κ3) is 4.17.